The Hall–Kier alpha value is -1.46. The number of hydrogen-bond acceptors (Lipinski definition) is 3. The molecule has 5 heteroatoms. The topological polar surface area (TPSA) is 41.6 Å². The lowest BCUT2D eigenvalue weighted by Gasteiger charge is -2.44. The highest BCUT2D eigenvalue weighted by atomic mass is 19.1. The number of carbonyl (C=O) groups is 1. The molecule has 1 aromatic carbocycles. The standard InChI is InChI=1S/C20H27FN2O2/c21-17-3-1-2-16(14-17)20(7-12-25-13-8-20)18(24)23-10-5-19(6-11-23)4-9-22-15-19/h1-3,14,22H,4-13,15H2. The smallest absolute Gasteiger partial charge is 0.233 e. The highest BCUT2D eigenvalue weighted by Crippen LogP contribution is 2.41. The van der Waals surface area contributed by atoms with Crippen molar-refractivity contribution in [2.75, 3.05) is 39.4 Å². The van der Waals surface area contributed by atoms with Crippen molar-refractivity contribution in [1.82, 2.24) is 10.2 Å². The Morgan fingerprint density at radius 3 is 2.52 bits per heavy atom. The number of likely N-dealkylation sites (tertiary alicyclic amines) is 1. The molecule has 25 heavy (non-hydrogen) atoms. The summed E-state index contributed by atoms with van der Waals surface area (Å²) in [4.78, 5) is 15.6. The van der Waals surface area contributed by atoms with Gasteiger partial charge in [-0.15, -0.1) is 0 Å². The number of nitrogens with zero attached hydrogens (tertiary/aromatic N) is 1. The van der Waals surface area contributed by atoms with Crippen LogP contribution in [0.1, 0.15) is 37.7 Å². The van der Waals surface area contributed by atoms with Gasteiger partial charge >= 0.3 is 0 Å². The van der Waals surface area contributed by atoms with Crippen molar-refractivity contribution in [3.8, 4) is 0 Å². The molecule has 0 radical (unpaired) electrons. The first-order valence-electron chi connectivity index (χ1n) is 9.48. The van der Waals surface area contributed by atoms with E-state index in [0.717, 1.165) is 44.6 Å². The van der Waals surface area contributed by atoms with E-state index in [1.54, 1.807) is 6.07 Å². The second kappa shape index (κ2) is 6.69. The normalized spacial score (nSPS) is 25.2. The van der Waals surface area contributed by atoms with Gasteiger partial charge in [0, 0.05) is 32.8 Å². The Morgan fingerprint density at radius 2 is 1.88 bits per heavy atom. The fraction of sp³-hybridized carbons (Fsp3) is 0.650. The largest absolute Gasteiger partial charge is 0.381 e. The Morgan fingerprint density at radius 1 is 1.12 bits per heavy atom. The number of benzene rings is 1. The predicted molar refractivity (Wildman–Crippen MR) is 93.9 cm³/mol. The molecule has 1 amide bonds. The maximum absolute atomic E-state index is 13.8. The highest BCUT2D eigenvalue weighted by molar-refractivity contribution is 5.88. The number of halogens is 1. The van der Waals surface area contributed by atoms with Gasteiger partial charge in [0.1, 0.15) is 5.82 Å². The maximum Gasteiger partial charge on any atom is 0.233 e. The van der Waals surface area contributed by atoms with Crippen molar-refractivity contribution >= 4 is 5.91 Å². The molecule has 136 valence electrons. The lowest BCUT2D eigenvalue weighted by Crippen LogP contribution is -2.53. The number of amides is 1. The average Bonchev–Trinajstić information content (AvgIpc) is 3.10. The first-order chi connectivity index (χ1) is 12.1. The number of piperidine rings is 1. The van der Waals surface area contributed by atoms with E-state index in [9.17, 15) is 9.18 Å². The summed E-state index contributed by atoms with van der Waals surface area (Å²) in [5.41, 5.74) is 0.570. The van der Waals surface area contributed by atoms with Crippen molar-refractivity contribution < 1.29 is 13.9 Å². The van der Waals surface area contributed by atoms with E-state index in [-0.39, 0.29) is 11.7 Å². The maximum atomic E-state index is 13.8. The van der Waals surface area contributed by atoms with Gasteiger partial charge < -0.3 is 15.0 Å². The van der Waals surface area contributed by atoms with Crippen LogP contribution >= 0.6 is 0 Å². The zero-order valence-corrected chi connectivity index (χ0v) is 14.7. The van der Waals surface area contributed by atoms with Gasteiger partial charge in [0.2, 0.25) is 5.91 Å². The van der Waals surface area contributed by atoms with Gasteiger partial charge in [0.05, 0.1) is 5.41 Å². The van der Waals surface area contributed by atoms with Crippen molar-refractivity contribution in [2.24, 2.45) is 5.41 Å². The summed E-state index contributed by atoms with van der Waals surface area (Å²) < 4.78 is 19.4. The molecular formula is C20H27FN2O2. The molecule has 3 fully saturated rings. The third-order valence-electron chi connectivity index (χ3n) is 6.58. The number of ether oxygens (including phenoxy) is 1. The number of carbonyl (C=O) groups excluding carboxylic acids is 1. The van der Waals surface area contributed by atoms with Crippen LogP contribution in [-0.4, -0.2) is 50.2 Å². The molecule has 1 spiro atoms. The van der Waals surface area contributed by atoms with Crippen molar-refractivity contribution in [2.45, 2.75) is 37.5 Å². The Bertz CT molecular complexity index is 626. The van der Waals surface area contributed by atoms with E-state index in [4.69, 9.17) is 4.74 Å². The molecular weight excluding hydrogens is 319 g/mol. The molecule has 0 unspecified atom stereocenters. The quantitative estimate of drug-likeness (QED) is 0.894. The van der Waals surface area contributed by atoms with Crippen LogP contribution in [-0.2, 0) is 14.9 Å². The summed E-state index contributed by atoms with van der Waals surface area (Å²) >= 11 is 0. The van der Waals surface area contributed by atoms with Crippen LogP contribution in [0.2, 0.25) is 0 Å². The third kappa shape index (κ3) is 3.08. The van der Waals surface area contributed by atoms with E-state index < -0.39 is 5.41 Å². The summed E-state index contributed by atoms with van der Waals surface area (Å²) in [7, 11) is 0. The van der Waals surface area contributed by atoms with Gasteiger partial charge in [-0.25, -0.2) is 4.39 Å². The van der Waals surface area contributed by atoms with Crippen LogP contribution < -0.4 is 5.32 Å². The molecule has 3 aliphatic heterocycles. The first kappa shape index (κ1) is 17.0. The summed E-state index contributed by atoms with van der Waals surface area (Å²) in [6.45, 7) is 4.93. The fourth-order valence-corrected chi connectivity index (χ4v) is 4.84. The Kier molecular flexibility index (Phi) is 4.54. The number of hydrogen-bond donors (Lipinski definition) is 1. The molecule has 4 rings (SSSR count). The van der Waals surface area contributed by atoms with Crippen molar-refractivity contribution in [3.05, 3.63) is 35.6 Å². The molecule has 3 aliphatic rings. The molecule has 3 heterocycles. The van der Waals surface area contributed by atoms with Crippen LogP contribution in [0.5, 0.6) is 0 Å². The monoisotopic (exact) mass is 346 g/mol. The van der Waals surface area contributed by atoms with Crippen LogP contribution in [0.3, 0.4) is 0 Å². The fourth-order valence-electron chi connectivity index (χ4n) is 4.84. The Balaban J connectivity index is 1.56. The molecule has 3 saturated heterocycles. The SMILES string of the molecule is O=C(N1CCC2(CCNC2)CC1)C1(c2cccc(F)c2)CCOCC1. The van der Waals surface area contributed by atoms with E-state index in [1.807, 2.05) is 11.0 Å². The lowest BCUT2D eigenvalue weighted by atomic mass is 9.71. The number of rotatable bonds is 2. The zero-order chi connectivity index (χ0) is 17.3. The summed E-state index contributed by atoms with van der Waals surface area (Å²) in [6.07, 6.45) is 4.64. The van der Waals surface area contributed by atoms with E-state index >= 15 is 0 Å². The zero-order valence-electron chi connectivity index (χ0n) is 14.7. The molecule has 0 atom stereocenters. The third-order valence-corrected chi connectivity index (χ3v) is 6.58. The predicted octanol–water partition coefficient (Wildman–Crippen LogP) is 2.48. The molecule has 0 aliphatic carbocycles. The molecule has 0 saturated carbocycles. The summed E-state index contributed by atoms with van der Waals surface area (Å²) in [5.74, 6) is -0.104. The van der Waals surface area contributed by atoms with Crippen molar-refractivity contribution in [1.29, 1.82) is 0 Å². The van der Waals surface area contributed by atoms with Gasteiger partial charge in [-0.1, -0.05) is 12.1 Å². The first-order valence-corrected chi connectivity index (χ1v) is 9.48. The average molecular weight is 346 g/mol. The lowest BCUT2D eigenvalue weighted by molar-refractivity contribution is -0.143. The van der Waals surface area contributed by atoms with Crippen LogP contribution in [0.4, 0.5) is 4.39 Å². The minimum atomic E-state index is -0.626. The highest BCUT2D eigenvalue weighted by Gasteiger charge is 2.46. The second-order valence-electron chi connectivity index (χ2n) is 7.92. The van der Waals surface area contributed by atoms with Gasteiger partial charge in [-0.05, 0) is 61.8 Å². The molecule has 1 N–H and O–H groups in total. The summed E-state index contributed by atoms with van der Waals surface area (Å²) in [6, 6.07) is 6.59. The molecule has 0 bridgehead atoms. The van der Waals surface area contributed by atoms with E-state index in [1.165, 1.54) is 18.6 Å². The van der Waals surface area contributed by atoms with Crippen LogP contribution in [0.25, 0.3) is 0 Å². The molecule has 0 aromatic heterocycles. The second-order valence-corrected chi connectivity index (χ2v) is 7.92. The van der Waals surface area contributed by atoms with Gasteiger partial charge in [-0.2, -0.15) is 0 Å². The summed E-state index contributed by atoms with van der Waals surface area (Å²) in [5, 5.41) is 3.47. The minimum Gasteiger partial charge on any atom is -0.381 e. The van der Waals surface area contributed by atoms with Crippen LogP contribution in [0, 0.1) is 11.2 Å². The van der Waals surface area contributed by atoms with Gasteiger partial charge in [-0.3, -0.25) is 4.79 Å². The van der Waals surface area contributed by atoms with Gasteiger partial charge in [0.15, 0.2) is 0 Å². The number of nitrogens with one attached hydrogen (secondary N) is 1. The Labute approximate surface area is 148 Å². The molecule has 1 aromatic rings. The van der Waals surface area contributed by atoms with E-state index in [0.29, 0.717) is 31.5 Å². The van der Waals surface area contributed by atoms with Crippen LogP contribution in [0.15, 0.2) is 24.3 Å². The molecule has 4 nitrogen and oxygen atoms in total. The minimum absolute atomic E-state index is 0.169. The van der Waals surface area contributed by atoms with Crippen molar-refractivity contribution in [3.63, 3.8) is 0 Å². The van der Waals surface area contributed by atoms with Gasteiger partial charge in [0.25, 0.3) is 0 Å². The van der Waals surface area contributed by atoms with E-state index in [2.05, 4.69) is 5.32 Å².